The summed E-state index contributed by atoms with van der Waals surface area (Å²) in [6, 6.07) is 30.3. The van der Waals surface area contributed by atoms with E-state index in [2.05, 4.69) is 29.8 Å². The molecule has 392 valence electrons. The van der Waals surface area contributed by atoms with E-state index in [0.29, 0.717) is 40.3 Å². The number of ether oxygens (including phenoxy) is 6. The maximum Gasteiger partial charge on any atom is 0.343 e. The van der Waals surface area contributed by atoms with E-state index in [1.165, 1.54) is 183 Å². The number of esters is 4. The molecule has 0 saturated heterocycles. The lowest BCUT2D eigenvalue weighted by Gasteiger charge is -2.10. The smallest absolute Gasteiger partial charge is 0.343 e. The number of unbranched alkanes of at least 4 members (excludes halogenated alkanes) is 22. The molecular weight excluding hydrogens is 985 g/mol. The molecule has 0 aliphatic rings. The van der Waals surface area contributed by atoms with Crippen molar-refractivity contribution in [1.82, 2.24) is 0 Å². The topological polar surface area (TPSA) is 124 Å². The van der Waals surface area contributed by atoms with E-state index in [0.717, 1.165) is 25.7 Å². The van der Waals surface area contributed by atoms with Gasteiger partial charge in [0, 0.05) is 6.07 Å². The first-order chi connectivity index (χ1) is 35.7. The molecule has 0 radical (unpaired) electrons. The van der Waals surface area contributed by atoms with Gasteiger partial charge >= 0.3 is 23.9 Å². The average molecular weight is 1060 g/mol. The van der Waals surface area contributed by atoms with Crippen LogP contribution in [0.4, 0.5) is 0 Å². The predicted octanol–water partition coefficient (Wildman–Crippen LogP) is 17.5. The zero-order chi connectivity index (χ0) is 51.7. The van der Waals surface area contributed by atoms with Crippen LogP contribution in [0.5, 0.6) is 34.5 Å². The summed E-state index contributed by atoms with van der Waals surface area (Å²) in [5.41, 5.74) is 1.15. The van der Waals surface area contributed by atoms with Crippen molar-refractivity contribution in [3.63, 3.8) is 0 Å². The summed E-state index contributed by atoms with van der Waals surface area (Å²) in [5, 5.41) is 0. The highest BCUT2D eigenvalue weighted by Gasteiger charge is 2.17. The highest BCUT2D eigenvalue weighted by Crippen LogP contribution is 2.31. The van der Waals surface area contributed by atoms with E-state index in [9.17, 15) is 19.2 Å². The number of rotatable bonds is 36. The fourth-order valence-electron chi connectivity index (χ4n) is 8.24. The Morgan fingerprint density at radius 2 is 0.575 bits per heavy atom. The number of hydrogen-bond acceptors (Lipinski definition) is 10. The molecule has 0 N–H and O–H groups in total. The third-order valence-corrected chi connectivity index (χ3v) is 13.3. The van der Waals surface area contributed by atoms with Crippen LogP contribution in [-0.2, 0) is 0 Å². The number of carbonyl (C=O) groups is 4. The molecule has 5 aromatic rings. The first-order valence-corrected chi connectivity index (χ1v) is 27.9. The summed E-state index contributed by atoms with van der Waals surface area (Å²) in [7, 11) is 0. The van der Waals surface area contributed by atoms with Crippen LogP contribution >= 0.6 is 15.9 Å². The standard InChI is InChI=1S/C62H77BrO10/c1-3-5-7-9-11-13-15-17-19-21-23-25-45-68-52-35-27-48(28-36-52)59(64)70-54-39-31-50(32-40-54)61(66)72-56-43-44-57(63)58(47-56)73-62(67)51-33-41-55(42-34-51)71-60(65)49-29-37-53(38-30-49)69-46-26-24-22-20-18-16-14-12-10-8-6-4-2/h27-44,47H,3-26,45-46H2,1-2H3. The maximum atomic E-state index is 13.1. The van der Waals surface area contributed by atoms with Crippen LogP contribution in [0.1, 0.15) is 209 Å². The molecule has 10 nitrogen and oxygen atoms in total. The van der Waals surface area contributed by atoms with E-state index in [1.54, 1.807) is 60.7 Å². The first-order valence-electron chi connectivity index (χ1n) is 27.1. The molecule has 5 rings (SSSR count). The van der Waals surface area contributed by atoms with Crippen LogP contribution in [0.25, 0.3) is 0 Å². The molecule has 73 heavy (non-hydrogen) atoms. The van der Waals surface area contributed by atoms with E-state index >= 15 is 0 Å². The van der Waals surface area contributed by atoms with E-state index in [4.69, 9.17) is 28.4 Å². The lowest BCUT2D eigenvalue weighted by atomic mass is 10.1. The van der Waals surface area contributed by atoms with Crippen LogP contribution in [-0.4, -0.2) is 37.1 Å². The van der Waals surface area contributed by atoms with Gasteiger partial charge in [-0.3, -0.25) is 0 Å². The van der Waals surface area contributed by atoms with Crippen molar-refractivity contribution in [2.24, 2.45) is 0 Å². The third kappa shape index (κ3) is 22.8. The summed E-state index contributed by atoms with van der Waals surface area (Å²) in [4.78, 5) is 52.0. The number of benzene rings is 5. The van der Waals surface area contributed by atoms with Gasteiger partial charge in [0.2, 0.25) is 0 Å². The summed E-state index contributed by atoms with van der Waals surface area (Å²) >= 11 is 3.39. The molecule has 0 spiro atoms. The quantitative estimate of drug-likeness (QED) is 0.0218. The van der Waals surface area contributed by atoms with Gasteiger partial charge in [-0.1, -0.05) is 155 Å². The van der Waals surface area contributed by atoms with Gasteiger partial charge in [-0.2, -0.15) is 0 Å². The lowest BCUT2D eigenvalue weighted by molar-refractivity contribution is 0.0722. The maximum absolute atomic E-state index is 13.1. The fourth-order valence-corrected chi connectivity index (χ4v) is 8.57. The van der Waals surface area contributed by atoms with Crippen LogP contribution in [0.3, 0.4) is 0 Å². The van der Waals surface area contributed by atoms with Gasteiger partial charge in [-0.25, -0.2) is 19.2 Å². The fraction of sp³-hybridized carbons (Fsp3) is 0.452. The van der Waals surface area contributed by atoms with Gasteiger partial charge < -0.3 is 28.4 Å². The Balaban J connectivity index is 0.965. The predicted molar refractivity (Wildman–Crippen MR) is 293 cm³/mol. The minimum absolute atomic E-state index is 0.119. The van der Waals surface area contributed by atoms with Crippen molar-refractivity contribution in [2.75, 3.05) is 13.2 Å². The van der Waals surface area contributed by atoms with Crippen molar-refractivity contribution >= 4 is 39.8 Å². The Labute approximate surface area is 443 Å². The summed E-state index contributed by atoms with van der Waals surface area (Å²) < 4.78 is 34.5. The third-order valence-electron chi connectivity index (χ3n) is 12.6. The molecule has 11 heteroatoms. The molecule has 0 unspecified atom stereocenters. The van der Waals surface area contributed by atoms with Crippen LogP contribution < -0.4 is 28.4 Å². The number of halogens is 1. The molecule has 0 bridgehead atoms. The number of carbonyl (C=O) groups excluding carboxylic acids is 4. The van der Waals surface area contributed by atoms with Crippen molar-refractivity contribution in [2.45, 2.75) is 168 Å². The molecule has 5 aromatic carbocycles. The molecular formula is C62H77BrO10. The molecule has 0 amide bonds. The van der Waals surface area contributed by atoms with Gasteiger partial charge in [0.15, 0.2) is 0 Å². The first kappa shape index (κ1) is 58.0. The SMILES string of the molecule is CCCCCCCCCCCCCCOc1ccc(C(=O)Oc2ccc(C(=O)Oc3ccc(Br)c(OC(=O)c4ccc(OC(=O)c5ccc(OCCCCCCCCCCCCCC)cc5)cc4)c3)cc2)cc1. The summed E-state index contributed by atoms with van der Waals surface area (Å²) in [6.07, 6.45) is 30.9. The molecule has 0 heterocycles. The Morgan fingerprint density at radius 3 is 0.904 bits per heavy atom. The van der Waals surface area contributed by atoms with E-state index in [1.807, 2.05) is 0 Å². The zero-order valence-corrected chi connectivity index (χ0v) is 44.9. The van der Waals surface area contributed by atoms with Crippen molar-refractivity contribution in [3.8, 4) is 34.5 Å². The van der Waals surface area contributed by atoms with Crippen molar-refractivity contribution in [3.05, 3.63) is 142 Å². The Bertz CT molecular complexity index is 2360. The molecule has 0 atom stereocenters. The minimum atomic E-state index is -0.680. The van der Waals surface area contributed by atoms with Crippen LogP contribution in [0.15, 0.2) is 120 Å². The molecule has 0 aliphatic heterocycles. The largest absolute Gasteiger partial charge is 0.494 e. The van der Waals surface area contributed by atoms with Gasteiger partial charge in [-0.05, 0) is 138 Å². The Kier molecular flexibility index (Phi) is 27.4. The minimum Gasteiger partial charge on any atom is -0.494 e. The van der Waals surface area contributed by atoms with Crippen LogP contribution in [0.2, 0.25) is 0 Å². The molecule has 0 aromatic heterocycles. The highest BCUT2D eigenvalue weighted by molar-refractivity contribution is 9.10. The second kappa shape index (κ2) is 34.5. The van der Waals surface area contributed by atoms with Crippen LogP contribution in [0, 0.1) is 0 Å². The number of hydrogen-bond donors (Lipinski definition) is 0. The van der Waals surface area contributed by atoms with Gasteiger partial charge in [0.05, 0.1) is 39.9 Å². The Morgan fingerprint density at radius 1 is 0.315 bits per heavy atom. The monoisotopic (exact) mass is 1060 g/mol. The summed E-state index contributed by atoms with van der Waals surface area (Å²) in [5.74, 6) is -0.262. The van der Waals surface area contributed by atoms with Gasteiger partial charge in [0.25, 0.3) is 0 Å². The lowest BCUT2D eigenvalue weighted by Crippen LogP contribution is -2.11. The average Bonchev–Trinajstić information content (AvgIpc) is 3.40. The van der Waals surface area contributed by atoms with Gasteiger partial charge in [0.1, 0.15) is 34.5 Å². The van der Waals surface area contributed by atoms with Crippen molar-refractivity contribution in [1.29, 1.82) is 0 Å². The van der Waals surface area contributed by atoms with E-state index in [-0.39, 0.29) is 34.1 Å². The highest BCUT2D eigenvalue weighted by atomic mass is 79.9. The normalized spacial score (nSPS) is 10.9. The van der Waals surface area contributed by atoms with Gasteiger partial charge in [-0.15, -0.1) is 0 Å². The van der Waals surface area contributed by atoms with E-state index < -0.39 is 23.9 Å². The zero-order valence-electron chi connectivity index (χ0n) is 43.3. The van der Waals surface area contributed by atoms with Crippen molar-refractivity contribution < 1.29 is 47.6 Å². The molecule has 0 aliphatic carbocycles. The molecule has 0 fully saturated rings. The summed E-state index contributed by atoms with van der Waals surface area (Å²) in [6.45, 7) is 5.78. The Hall–Kier alpha value is -5.94. The second-order valence-electron chi connectivity index (χ2n) is 18.7. The molecule has 0 saturated carbocycles. The second-order valence-corrected chi connectivity index (χ2v) is 19.6.